The second-order valence-corrected chi connectivity index (χ2v) is 6.20. The highest BCUT2D eigenvalue weighted by Gasteiger charge is 2.37. The van der Waals surface area contributed by atoms with Gasteiger partial charge >= 0.3 is 5.97 Å². The van der Waals surface area contributed by atoms with Crippen LogP contribution >= 0.6 is 0 Å². The molecule has 1 aromatic carbocycles. The van der Waals surface area contributed by atoms with E-state index in [0.29, 0.717) is 5.92 Å². The highest BCUT2D eigenvalue weighted by Crippen LogP contribution is 2.44. The second kappa shape index (κ2) is 5.81. The van der Waals surface area contributed by atoms with E-state index in [1.165, 1.54) is 0 Å². The minimum Gasteiger partial charge on any atom is -0.493 e. The van der Waals surface area contributed by atoms with Gasteiger partial charge in [0.25, 0.3) is 0 Å². The minimum absolute atomic E-state index is 0.146. The van der Waals surface area contributed by atoms with Gasteiger partial charge in [0.1, 0.15) is 0 Å². The summed E-state index contributed by atoms with van der Waals surface area (Å²) >= 11 is 0. The van der Waals surface area contributed by atoms with Crippen molar-refractivity contribution < 1.29 is 19.4 Å². The Morgan fingerprint density at radius 3 is 2.72 bits per heavy atom. The number of aromatic nitrogens is 2. The molecule has 2 unspecified atom stereocenters. The van der Waals surface area contributed by atoms with E-state index in [-0.39, 0.29) is 11.5 Å². The molecule has 2 aromatic rings. The maximum Gasteiger partial charge on any atom is 0.335 e. The number of ether oxygens (including phenoxy) is 2. The number of methoxy groups -OCH3 is 2. The van der Waals surface area contributed by atoms with Crippen molar-refractivity contribution >= 4 is 5.97 Å². The van der Waals surface area contributed by atoms with Crippen LogP contribution in [-0.2, 0) is 15.9 Å². The smallest absolute Gasteiger partial charge is 0.335 e. The van der Waals surface area contributed by atoms with E-state index in [2.05, 4.69) is 12.2 Å². The Balaban J connectivity index is 1.70. The normalized spacial score (nSPS) is 21.0. The molecule has 6 heteroatoms. The van der Waals surface area contributed by atoms with Crippen LogP contribution in [0.5, 0.6) is 0 Å². The zero-order valence-corrected chi connectivity index (χ0v) is 14.0. The van der Waals surface area contributed by atoms with Crippen LogP contribution < -0.4 is 0 Å². The molecule has 25 heavy (non-hydrogen) atoms. The van der Waals surface area contributed by atoms with Crippen LogP contribution in [0.15, 0.2) is 54.1 Å². The standard InChI is InChI=1S/C19H18N2O4/c1-24-16-8-12-6-13-10-21(14-5-3-4-11(7-14)19(22)23)20-18(13)15(12)9-17(16)25-2/h3-5,7-10,12,15H,6H2,1-2H3,(H,22,23). The topological polar surface area (TPSA) is 73.6 Å². The Labute approximate surface area is 145 Å². The third-order valence-corrected chi connectivity index (χ3v) is 4.79. The highest BCUT2D eigenvalue weighted by molar-refractivity contribution is 5.88. The number of benzene rings is 1. The van der Waals surface area contributed by atoms with Crippen molar-refractivity contribution in [3.63, 3.8) is 0 Å². The lowest BCUT2D eigenvalue weighted by Gasteiger charge is -2.22. The van der Waals surface area contributed by atoms with E-state index in [1.54, 1.807) is 37.1 Å². The molecule has 0 saturated carbocycles. The summed E-state index contributed by atoms with van der Waals surface area (Å²) < 4.78 is 12.6. The van der Waals surface area contributed by atoms with Gasteiger partial charge in [-0.25, -0.2) is 9.48 Å². The Kier molecular flexibility index (Phi) is 3.60. The van der Waals surface area contributed by atoms with Crippen LogP contribution in [0, 0.1) is 5.92 Å². The number of aromatic carboxylic acids is 1. The highest BCUT2D eigenvalue weighted by atomic mass is 16.5. The van der Waals surface area contributed by atoms with Crippen molar-refractivity contribution in [1.82, 2.24) is 9.78 Å². The van der Waals surface area contributed by atoms with Crippen molar-refractivity contribution in [2.24, 2.45) is 5.92 Å². The van der Waals surface area contributed by atoms with Crippen molar-refractivity contribution in [1.29, 1.82) is 0 Å². The van der Waals surface area contributed by atoms with Gasteiger partial charge in [0.05, 0.1) is 31.2 Å². The van der Waals surface area contributed by atoms with Gasteiger partial charge in [-0.05, 0) is 48.3 Å². The molecule has 2 atom stereocenters. The van der Waals surface area contributed by atoms with Gasteiger partial charge in [0.2, 0.25) is 0 Å². The van der Waals surface area contributed by atoms with E-state index in [9.17, 15) is 4.79 Å². The first kappa shape index (κ1) is 15.5. The third kappa shape index (κ3) is 2.50. The summed E-state index contributed by atoms with van der Waals surface area (Å²) in [5, 5.41) is 13.9. The van der Waals surface area contributed by atoms with Crippen LogP contribution in [0.4, 0.5) is 0 Å². The van der Waals surface area contributed by atoms with Gasteiger partial charge in [0, 0.05) is 12.1 Å². The van der Waals surface area contributed by atoms with Crippen molar-refractivity contribution in [2.45, 2.75) is 12.3 Å². The monoisotopic (exact) mass is 338 g/mol. The molecule has 0 bridgehead atoms. The number of carboxylic acid groups (broad SMARTS) is 1. The maximum atomic E-state index is 11.2. The Bertz CT molecular complexity index is 910. The molecule has 0 radical (unpaired) electrons. The largest absolute Gasteiger partial charge is 0.493 e. The van der Waals surface area contributed by atoms with Crippen molar-refractivity contribution in [3.05, 3.63) is 71.0 Å². The fourth-order valence-electron chi connectivity index (χ4n) is 3.58. The molecule has 0 amide bonds. The molecule has 0 saturated heterocycles. The summed E-state index contributed by atoms with van der Waals surface area (Å²) in [6.07, 6.45) is 7.01. The number of nitrogens with zero attached hydrogens (tertiary/aromatic N) is 2. The van der Waals surface area contributed by atoms with Crippen molar-refractivity contribution in [2.75, 3.05) is 14.2 Å². The summed E-state index contributed by atoms with van der Waals surface area (Å²) in [7, 11) is 3.27. The molecule has 1 heterocycles. The summed E-state index contributed by atoms with van der Waals surface area (Å²) in [5.74, 6) is 0.993. The first-order valence-corrected chi connectivity index (χ1v) is 8.05. The molecular weight excluding hydrogens is 320 g/mol. The quantitative estimate of drug-likeness (QED) is 0.928. The average Bonchev–Trinajstić information content (AvgIpc) is 3.18. The molecule has 2 aliphatic carbocycles. The molecular formula is C19H18N2O4. The third-order valence-electron chi connectivity index (χ3n) is 4.79. The molecule has 6 nitrogen and oxygen atoms in total. The Morgan fingerprint density at radius 1 is 1.24 bits per heavy atom. The Hall–Kier alpha value is -3.02. The number of rotatable bonds is 4. The maximum absolute atomic E-state index is 11.2. The molecule has 0 fully saturated rings. The van der Waals surface area contributed by atoms with Gasteiger partial charge in [-0.2, -0.15) is 5.10 Å². The number of carbonyl (C=O) groups is 1. The number of hydrogen-bond acceptors (Lipinski definition) is 4. The second-order valence-electron chi connectivity index (χ2n) is 6.20. The first-order valence-electron chi connectivity index (χ1n) is 8.05. The zero-order valence-electron chi connectivity index (χ0n) is 14.0. The van der Waals surface area contributed by atoms with Gasteiger partial charge in [-0.3, -0.25) is 0 Å². The zero-order chi connectivity index (χ0) is 17.6. The minimum atomic E-state index is -0.946. The number of carboxylic acids is 1. The first-order chi connectivity index (χ1) is 12.1. The molecule has 2 aliphatic rings. The lowest BCUT2D eigenvalue weighted by molar-refractivity contribution is 0.0697. The van der Waals surface area contributed by atoms with Crippen LogP contribution in [0.1, 0.15) is 27.5 Å². The van der Waals surface area contributed by atoms with Gasteiger partial charge < -0.3 is 14.6 Å². The van der Waals surface area contributed by atoms with E-state index >= 15 is 0 Å². The lowest BCUT2D eigenvalue weighted by atomic mass is 9.89. The van der Waals surface area contributed by atoms with Crippen LogP contribution in [-0.4, -0.2) is 35.1 Å². The Morgan fingerprint density at radius 2 is 2.00 bits per heavy atom. The molecule has 0 spiro atoms. The number of allylic oxidation sites excluding steroid dienone is 2. The van der Waals surface area contributed by atoms with Crippen LogP contribution in [0.3, 0.4) is 0 Å². The fraction of sp³-hybridized carbons (Fsp3) is 0.263. The lowest BCUT2D eigenvalue weighted by Crippen LogP contribution is -2.14. The fourth-order valence-corrected chi connectivity index (χ4v) is 3.58. The summed E-state index contributed by atoms with van der Waals surface area (Å²) in [4.78, 5) is 11.2. The SMILES string of the molecule is COC1=CC2Cc3cn(-c4cccc(C(=O)O)c4)nc3C2C=C1OC. The molecule has 4 rings (SSSR count). The number of hydrogen-bond donors (Lipinski definition) is 1. The summed E-state index contributed by atoms with van der Waals surface area (Å²) in [6.45, 7) is 0. The van der Waals surface area contributed by atoms with Gasteiger partial charge in [0.15, 0.2) is 11.5 Å². The van der Waals surface area contributed by atoms with Gasteiger partial charge in [-0.15, -0.1) is 0 Å². The van der Waals surface area contributed by atoms with E-state index in [0.717, 1.165) is 34.9 Å². The summed E-state index contributed by atoms with van der Waals surface area (Å²) in [5.41, 5.74) is 3.16. The molecule has 1 aromatic heterocycles. The molecule has 1 N–H and O–H groups in total. The van der Waals surface area contributed by atoms with E-state index in [4.69, 9.17) is 19.7 Å². The van der Waals surface area contributed by atoms with Gasteiger partial charge in [-0.1, -0.05) is 6.07 Å². The van der Waals surface area contributed by atoms with E-state index in [1.807, 2.05) is 12.3 Å². The van der Waals surface area contributed by atoms with E-state index < -0.39 is 5.97 Å². The van der Waals surface area contributed by atoms with Crippen LogP contribution in [0.25, 0.3) is 5.69 Å². The molecule has 128 valence electrons. The average molecular weight is 338 g/mol. The van der Waals surface area contributed by atoms with Crippen molar-refractivity contribution in [3.8, 4) is 5.69 Å². The predicted molar refractivity (Wildman–Crippen MR) is 90.6 cm³/mol. The molecule has 0 aliphatic heterocycles. The van der Waals surface area contributed by atoms with Crippen LogP contribution in [0.2, 0.25) is 0 Å². The summed E-state index contributed by atoms with van der Waals surface area (Å²) in [6, 6.07) is 6.78. The predicted octanol–water partition coefficient (Wildman–Crippen LogP) is 2.90. The number of fused-ring (bicyclic) bond motifs is 3.